The van der Waals surface area contributed by atoms with Crippen LogP contribution in [-0.2, 0) is 21.7 Å². The fourth-order valence-electron chi connectivity index (χ4n) is 5.07. The summed E-state index contributed by atoms with van der Waals surface area (Å²) in [4.78, 5) is 21.0. The Kier molecular flexibility index (Phi) is 6.17. The maximum atomic E-state index is 12.6. The zero-order valence-electron chi connectivity index (χ0n) is 20.0. The molecule has 2 aromatic heterocycles. The van der Waals surface area contributed by atoms with Crippen LogP contribution < -0.4 is 10.1 Å². The van der Waals surface area contributed by atoms with E-state index in [1.165, 1.54) is 22.8 Å². The quantitative estimate of drug-likeness (QED) is 0.250. The van der Waals surface area contributed by atoms with E-state index in [1.54, 1.807) is 30.2 Å². The number of hydrogen-bond donors (Lipinski definition) is 2. The van der Waals surface area contributed by atoms with Crippen LogP contribution in [0.3, 0.4) is 0 Å². The van der Waals surface area contributed by atoms with E-state index >= 15 is 0 Å². The number of thioether (sulfide) groups is 1. The molecule has 2 atom stereocenters. The van der Waals surface area contributed by atoms with Crippen molar-refractivity contribution in [3.63, 3.8) is 0 Å². The highest BCUT2D eigenvalue weighted by Gasteiger charge is 2.38. The van der Waals surface area contributed by atoms with E-state index in [0.717, 1.165) is 43.7 Å². The van der Waals surface area contributed by atoms with Crippen molar-refractivity contribution in [1.29, 1.82) is 0 Å². The molecule has 0 saturated heterocycles. The molecular formula is C28H26N3O3S2+. The van der Waals surface area contributed by atoms with E-state index in [4.69, 9.17) is 14.5 Å². The van der Waals surface area contributed by atoms with Crippen LogP contribution in [-0.4, -0.2) is 36.2 Å². The van der Waals surface area contributed by atoms with Crippen molar-refractivity contribution in [2.45, 2.75) is 28.6 Å². The number of aromatic nitrogens is 2. The van der Waals surface area contributed by atoms with Crippen molar-refractivity contribution in [3.8, 4) is 5.75 Å². The van der Waals surface area contributed by atoms with Gasteiger partial charge in [-0.3, -0.25) is 0 Å². The summed E-state index contributed by atoms with van der Waals surface area (Å²) in [7, 11) is 3.16. The van der Waals surface area contributed by atoms with Gasteiger partial charge in [0.05, 0.1) is 30.1 Å². The Morgan fingerprint density at radius 2 is 1.97 bits per heavy atom. The number of nitrogens with two attached hydrogens (primary N) is 1. The van der Waals surface area contributed by atoms with Gasteiger partial charge < -0.3 is 19.8 Å². The second kappa shape index (κ2) is 9.61. The second-order valence-corrected chi connectivity index (χ2v) is 11.1. The average Bonchev–Trinajstić information content (AvgIpc) is 3.51. The minimum atomic E-state index is -0.297. The standard InChI is InChI=1S/C28H25N3O3S2/c1-33-23-12-11-16(13-17(23)15-35-28-31-21-9-5-6-10-24(21)36-28)25-26-19(14-22(30-25)27(32)34-2)18-7-3-4-8-20(18)29-26/h3-13,22,25,29-30H,14-15H2,1-2H3/p+1/t22-,25+/m1/s1. The molecule has 0 unspecified atom stereocenters. The van der Waals surface area contributed by atoms with Crippen LogP contribution in [0, 0.1) is 0 Å². The summed E-state index contributed by atoms with van der Waals surface area (Å²) >= 11 is 3.43. The third-order valence-corrected chi connectivity index (χ3v) is 9.03. The smallest absolute Gasteiger partial charge is 0.364 e. The maximum absolute atomic E-state index is 12.6. The third-order valence-electron chi connectivity index (χ3n) is 6.80. The highest BCUT2D eigenvalue weighted by atomic mass is 32.2. The lowest BCUT2D eigenvalue weighted by Crippen LogP contribution is -2.94. The number of rotatable bonds is 6. The van der Waals surface area contributed by atoms with Gasteiger partial charge in [0, 0.05) is 34.2 Å². The normalized spacial score (nSPS) is 17.3. The Bertz CT molecular complexity index is 1540. The van der Waals surface area contributed by atoms with Gasteiger partial charge in [-0.1, -0.05) is 42.1 Å². The molecule has 0 saturated carbocycles. The molecule has 3 heterocycles. The molecule has 8 heteroatoms. The Balaban J connectivity index is 1.36. The first-order valence-electron chi connectivity index (χ1n) is 11.8. The number of H-pyrrole nitrogens is 1. The highest BCUT2D eigenvalue weighted by molar-refractivity contribution is 8.00. The van der Waals surface area contributed by atoms with Gasteiger partial charge >= 0.3 is 5.97 Å². The molecular weight excluding hydrogens is 490 g/mol. The number of nitrogens with zero attached hydrogens (tertiary/aromatic N) is 1. The molecule has 36 heavy (non-hydrogen) atoms. The minimum absolute atomic E-state index is 0.0534. The number of hydrogen-bond acceptors (Lipinski definition) is 6. The van der Waals surface area contributed by atoms with Crippen molar-refractivity contribution in [3.05, 3.63) is 89.1 Å². The van der Waals surface area contributed by atoms with E-state index < -0.39 is 0 Å². The largest absolute Gasteiger partial charge is 0.496 e. The Hall–Kier alpha value is -3.33. The maximum Gasteiger partial charge on any atom is 0.364 e. The number of carbonyl (C=O) groups excluding carboxylic acids is 1. The number of thiazole rings is 1. The first-order chi connectivity index (χ1) is 17.6. The summed E-state index contributed by atoms with van der Waals surface area (Å²) < 4.78 is 13.1. The number of nitrogens with one attached hydrogen (secondary N) is 1. The molecule has 1 aliphatic heterocycles. The molecule has 0 aliphatic carbocycles. The van der Waals surface area contributed by atoms with Crippen LogP contribution in [0.25, 0.3) is 21.1 Å². The predicted molar refractivity (Wildman–Crippen MR) is 144 cm³/mol. The summed E-state index contributed by atoms with van der Waals surface area (Å²) in [5, 5.41) is 3.29. The molecule has 0 amide bonds. The molecule has 1 aliphatic rings. The molecule has 3 aromatic carbocycles. The van der Waals surface area contributed by atoms with Gasteiger partial charge in [0.25, 0.3) is 0 Å². The lowest BCUT2D eigenvalue weighted by Gasteiger charge is -2.27. The Labute approximate surface area is 217 Å². The summed E-state index contributed by atoms with van der Waals surface area (Å²) in [5.41, 5.74) is 6.68. The van der Waals surface area contributed by atoms with Crippen LogP contribution in [0.5, 0.6) is 5.75 Å². The van der Waals surface area contributed by atoms with Gasteiger partial charge in [0.15, 0.2) is 16.4 Å². The monoisotopic (exact) mass is 516 g/mol. The number of esters is 1. The van der Waals surface area contributed by atoms with Gasteiger partial charge in [-0.2, -0.15) is 0 Å². The molecule has 0 radical (unpaired) electrons. The van der Waals surface area contributed by atoms with Gasteiger partial charge in [0.2, 0.25) is 0 Å². The fraction of sp³-hybridized carbons (Fsp3) is 0.214. The zero-order valence-corrected chi connectivity index (χ0v) is 21.6. The minimum Gasteiger partial charge on any atom is -0.496 e. The van der Waals surface area contributed by atoms with Crippen LogP contribution in [0.2, 0.25) is 0 Å². The molecule has 6 nitrogen and oxygen atoms in total. The average molecular weight is 517 g/mol. The first-order valence-corrected chi connectivity index (χ1v) is 13.6. The van der Waals surface area contributed by atoms with Crippen LogP contribution in [0.15, 0.2) is 71.1 Å². The first kappa shape index (κ1) is 23.1. The van der Waals surface area contributed by atoms with Crippen LogP contribution in [0.4, 0.5) is 0 Å². The summed E-state index contributed by atoms with van der Waals surface area (Å²) in [5.74, 6) is 1.39. The van der Waals surface area contributed by atoms with E-state index in [1.807, 2.05) is 36.4 Å². The lowest BCUT2D eigenvalue weighted by molar-refractivity contribution is -0.712. The van der Waals surface area contributed by atoms with Crippen molar-refractivity contribution in [2.75, 3.05) is 14.2 Å². The number of para-hydroxylation sites is 2. The predicted octanol–water partition coefficient (Wildman–Crippen LogP) is 4.83. The van der Waals surface area contributed by atoms with Gasteiger partial charge in [0.1, 0.15) is 5.75 Å². The third kappa shape index (κ3) is 4.15. The Morgan fingerprint density at radius 1 is 1.14 bits per heavy atom. The van der Waals surface area contributed by atoms with Crippen molar-refractivity contribution in [2.24, 2.45) is 0 Å². The van der Waals surface area contributed by atoms with E-state index in [-0.39, 0.29) is 18.1 Å². The number of benzene rings is 3. The zero-order chi connectivity index (χ0) is 24.6. The molecule has 3 N–H and O–H groups in total. The van der Waals surface area contributed by atoms with Crippen LogP contribution >= 0.6 is 23.1 Å². The Morgan fingerprint density at radius 3 is 2.81 bits per heavy atom. The summed E-state index contributed by atoms with van der Waals surface area (Å²) in [6.07, 6.45) is 0.638. The molecule has 0 bridgehead atoms. The molecule has 182 valence electrons. The van der Waals surface area contributed by atoms with Gasteiger partial charge in [-0.25, -0.2) is 9.78 Å². The van der Waals surface area contributed by atoms with Crippen LogP contribution in [0.1, 0.15) is 28.4 Å². The molecule has 0 fully saturated rings. The molecule has 5 aromatic rings. The fourth-order valence-corrected chi connectivity index (χ4v) is 7.12. The van der Waals surface area contributed by atoms with Crippen molar-refractivity contribution < 1.29 is 19.6 Å². The number of aromatic amines is 1. The number of ether oxygens (including phenoxy) is 2. The van der Waals surface area contributed by atoms with E-state index in [2.05, 4.69) is 40.6 Å². The molecule has 6 rings (SSSR count). The number of methoxy groups -OCH3 is 2. The molecule has 0 spiro atoms. The second-order valence-electron chi connectivity index (χ2n) is 8.87. The van der Waals surface area contributed by atoms with E-state index in [0.29, 0.717) is 6.42 Å². The number of fused-ring (bicyclic) bond motifs is 4. The highest BCUT2D eigenvalue weighted by Crippen LogP contribution is 2.36. The number of quaternary nitrogens is 1. The van der Waals surface area contributed by atoms with Gasteiger partial charge in [-0.15, -0.1) is 11.3 Å². The SMILES string of the molecule is COC(=O)[C@H]1Cc2c([nH]c3ccccc23)[C@H](c2ccc(OC)c(CSc3nc4ccccc4s3)c2)[NH2+]1. The number of carbonyl (C=O) groups is 1. The lowest BCUT2D eigenvalue weighted by atomic mass is 9.89. The van der Waals surface area contributed by atoms with Crippen molar-refractivity contribution in [1.82, 2.24) is 9.97 Å². The topological polar surface area (TPSA) is 80.8 Å². The summed E-state index contributed by atoms with van der Waals surface area (Å²) in [6.45, 7) is 0. The summed E-state index contributed by atoms with van der Waals surface area (Å²) in [6, 6.07) is 22.5. The van der Waals surface area contributed by atoms with E-state index in [9.17, 15) is 4.79 Å². The van der Waals surface area contributed by atoms with Crippen molar-refractivity contribution >= 4 is 50.2 Å². The van der Waals surface area contributed by atoms with Gasteiger partial charge in [-0.05, 0) is 42.0 Å².